The molecule has 8 heteroatoms. The molecular formula is C20H27ClN2O4S. The molecule has 5 rings (SSSR count). The van der Waals surface area contributed by atoms with Gasteiger partial charge in [0.2, 0.25) is 15.9 Å². The van der Waals surface area contributed by atoms with Crippen molar-refractivity contribution in [3.63, 3.8) is 0 Å². The van der Waals surface area contributed by atoms with Gasteiger partial charge >= 0.3 is 0 Å². The first-order valence-corrected chi connectivity index (χ1v) is 11.5. The molecule has 28 heavy (non-hydrogen) atoms. The summed E-state index contributed by atoms with van der Waals surface area (Å²) in [6, 6.07) is 4.54. The van der Waals surface area contributed by atoms with Gasteiger partial charge < -0.3 is 10.1 Å². The Morgan fingerprint density at radius 1 is 1.21 bits per heavy atom. The van der Waals surface area contributed by atoms with Crippen molar-refractivity contribution in [3.05, 3.63) is 18.2 Å². The second kappa shape index (κ2) is 6.61. The molecule has 1 N–H and O–H groups in total. The lowest BCUT2D eigenvalue weighted by atomic mass is 9.49. The highest BCUT2D eigenvalue weighted by Gasteiger charge is 2.60. The Kier molecular flexibility index (Phi) is 4.71. The van der Waals surface area contributed by atoms with E-state index < -0.39 is 15.4 Å². The van der Waals surface area contributed by atoms with E-state index in [0.717, 1.165) is 30.0 Å². The number of benzene rings is 1. The van der Waals surface area contributed by atoms with Crippen molar-refractivity contribution in [3.8, 4) is 5.75 Å². The number of anilines is 1. The van der Waals surface area contributed by atoms with Gasteiger partial charge in [-0.1, -0.05) is 0 Å². The third-order valence-electron chi connectivity index (χ3n) is 6.67. The van der Waals surface area contributed by atoms with Gasteiger partial charge in [-0.2, -0.15) is 0 Å². The maximum atomic E-state index is 13.4. The average molecular weight is 427 g/mol. The molecule has 1 aromatic carbocycles. The summed E-state index contributed by atoms with van der Waals surface area (Å²) in [6.45, 7) is 0. The molecule has 1 amide bonds. The molecule has 6 nitrogen and oxygen atoms in total. The minimum atomic E-state index is -3.61. The molecule has 4 saturated carbocycles. The van der Waals surface area contributed by atoms with Crippen LogP contribution in [0.25, 0.3) is 0 Å². The number of carbonyl (C=O) groups excluding carboxylic acids is 1. The number of nitrogens with one attached hydrogen (secondary N) is 1. The number of hydrogen-bond donors (Lipinski definition) is 1. The largest absolute Gasteiger partial charge is 0.495 e. The molecule has 0 spiro atoms. The molecule has 4 aliphatic carbocycles. The summed E-state index contributed by atoms with van der Waals surface area (Å²) in [5.41, 5.74) is -0.0809. The number of nitrogens with zero attached hydrogens (tertiary/aromatic N) is 1. The van der Waals surface area contributed by atoms with Gasteiger partial charge in [-0.05, 0) is 68.6 Å². The number of amides is 1. The molecule has 0 radical (unpaired) electrons. The Bertz CT molecular complexity index is 901. The summed E-state index contributed by atoms with van der Waals surface area (Å²) in [7, 11) is 0.853. The van der Waals surface area contributed by atoms with Crippen molar-refractivity contribution in [1.82, 2.24) is 4.31 Å². The number of alkyl halides is 1. The van der Waals surface area contributed by atoms with Gasteiger partial charge in [0.1, 0.15) is 5.75 Å². The highest BCUT2D eigenvalue weighted by atomic mass is 35.5. The summed E-state index contributed by atoms with van der Waals surface area (Å²) < 4.78 is 31.5. The van der Waals surface area contributed by atoms with Crippen molar-refractivity contribution < 1.29 is 17.9 Å². The maximum absolute atomic E-state index is 13.4. The Morgan fingerprint density at radius 3 is 2.39 bits per heavy atom. The van der Waals surface area contributed by atoms with E-state index in [4.69, 9.17) is 16.3 Å². The fourth-order valence-electron chi connectivity index (χ4n) is 5.83. The first-order valence-electron chi connectivity index (χ1n) is 9.68. The molecule has 154 valence electrons. The fraction of sp³-hybridized carbons (Fsp3) is 0.650. The molecular weight excluding hydrogens is 400 g/mol. The van der Waals surface area contributed by atoms with E-state index in [0.29, 0.717) is 29.7 Å². The molecule has 1 aromatic rings. The number of rotatable bonds is 5. The zero-order valence-electron chi connectivity index (χ0n) is 16.5. The van der Waals surface area contributed by atoms with Crippen LogP contribution in [-0.4, -0.2) is 44.7 Å². The van der Waals surface area contributed by atoms with Crippen molar-refractivity contribution in [1.29, 1.82) is 0 Å². The minimum absolute atomic E-state index is 0.0654. The van der Waals surface area contributed by atoms with Gasteiger partial charge in [0, 0.05) is 19.0 Å². The van der Waals surface area contributed by atoms with Crippen molar-refractivity contribution in [2.45, 2.75) is 48.3 Å². The molecule has 0 saturated heterocycles. The molecule has 4 atom stereocenters. The lowest BCUT2D eigenvalue weighted by Gasteiger charge is -2.59. The van der Waals surface area contributed by atoms with Gasteiger partial charge in [-0.15, -0.1) is 11.6 Å². The second-order valence-corrected chi connectivity index (χ2v) is 11.9. The van der Waals surface area contributed by atoms with Crippen LogP contribution < -0.4 is 10.1 Å². The second-order valence-electron chi connectivity index (χ2n) is 9.00. The van der Waals surface area contributed by atoms with E-state index in [-0.39, 0.29) is 15.7 Å². The summed E-state index contributed by atoms with van der Waals surface area (Å²) in [5.74, 6) is 1.39. The number of carbonyl (C=O) groups is 1. The van der Waals surface area contributed by atoms with Crippen LogP contribution in [0.15, 0.2) is 23.1 Å². The normalized spacial score (nSPS) is 33.9. The van der Waals surface area contributed by atoms with Gasteiger partial charge in [0.15, 0.2) is 0 Å². The van der Waals surface area contributed by atoms with Crippen molar-refractivity contribution in [2.75, 3.05) is 26.5 Å². The zero-order valence-corrected chi connectivity index (χ0v) is 18.1. The van der Waals surface area contributed by atoms with Gasteiger partial charge in [0.05, 0.1) is 23.1 Å². The quantitative estimate of drug-likeness (QED) is 0.731. The first-order chi connectivity index (χ1) is 13.1. The van der Waals surface area contributed by atoms with E-state index in [1.807, 2.05) is 0 Å². The van der Waals surface area contributed by atoms with E-state index in [1.165, 1.54) is 39.8 Å². The molecule has 4 fully saturated rings. The van der Waals surface area contributed by atoms with Gasteiger partial charge in [-0.25, -0.2) is 12.7 Å². The number of methoxy groups -OCH3 is 1. The molecule has 0 aliphatic heterocycles. The van der Waals surface area contributed by atoms with E-state index in [1.54, 1.807) is 6.07 Å². The maximum Gasteiger partial charge on any atom is 0.242 e. The fourth-order valence-corrected chi connectivity index (χ4v) is 7.45. The zero-order chi connectivity index (χ0) is 20.3. The number of ether oxygens (including phenoxy) is 1. The predicted molar refractivity (Wildman–Crippen MR) is 108 cm³/mol. The SMILES string of the molecule is COc1ccc(S(=O)(=O)N(C)C)cc1NC(=O)C12C[C@@H]3C[C@@H](CC(Cl)(C3)C1)C2. The highest BCUT2D eigenvalue weighted by molar-refractivity contribution is 7.89. The molecule has 4 aliphatic rings. The highest BCUT2D eigenvalue weighted by Crippen LogP contribution is 2.64. The number of halogens is 1. The Balaban J connectivity index is 1.65. The number of sulfonamides is 1. The molecule has 2 unspecified atom stereocenters. The third-order valence-corrected chi connectivity index (χ3v) is 8.92. The topological polar surface area (TPSA) is 75.7 Å². The standard InChI is InChI=1S/C20H27ClN2O4S/c1-23(2)28(25,26)15-4-5-17(27-3)16(7-15)22-18(24)19-8-13-6-14(9-19)11-20(21,10-13)12-19/h4-5,7,13-14H,6,8-12H2,1-3H3,(H,22,24)/t13-,14+,19?,20?. The summed E-state index contributed by atoms with van der Waals surface area (Å²) in [6.07, 6.45) is 5.59. The van der Waals surface area contributed by atoms with Crippen molar-refractivity contribution in [2.24, 2.45) is 17.3 Å². The minimum Gasteiger partial charge on any atom is -0.495 e. The first kappa shape index (κ1) is 20.0. The summed E-state index contributed by atoms with van der Waals surface area (Å²) in [5, 5.41) is 2.98. The predicted octanol–water partition coefficient (Wildman–Crippen LogP) is 3.46. The lowest BCUT2D eigenvalue weighted by Crippen LogP contribution is -2.57. The third kappa shape index (κ3) is 3.21. The van der Waals surface area contributed by atoms with Gasteiger partial charge in [-0.3, -0.25) is 4.79 Å². The Labute approximate surface area is 171 Å². The van der Waals surface area contributed by atoms with Crippen LogP contribution in [0, 0.1) is 17.3 Å². The van der Waals surface area contributed by atoms with Crippen LogP contribution in [-0.2, 0) is 14.8 Å². The Hall–Kier alpha value is -1.31. The smallest absolute Gasteiger partial charge is 0.242 e. The molecule has 4 bridgehead atoms. The average Bonchev–Trinajstić information content (AvgIpc) is 2.59. The van der Waals surface area contributed by atoms with Crippen LogP contribution in [0.2, 0.25) is 0 Å². The lowest BCUT2D eigenvalue weighted by molar-refractivity contribution is -0.138. The molecule has 0 heterocycles. The van der Waals surface area contributed by atoms with Crippen molar-refractivity contribution >= 4 is 33.2 Å². The Morgan fingerprint density at radius 2 is 1.86 bits per heavy atom. The van der Waals surface area contributed by atoms with Crippen LogP contribution in [0.3, 0.4) is 0 Å². The summed E-state index contributed by atoms with van der Waals surface area (Å²) in [4.78, 5) is 13.2. The van der Waals surface area contributed by atoms with Crippen LogP contribution in [0.1, 0.15) is 38.5 Å². The van der Waals surface area contributed by atoms with Gasteiger partial charge in [0.25, 0.3) is 0 Å². The van der Waals surface area contributed by atoms with E-state index >= 15 is 0 Å². The van der Waals surface area contributed by atoms with E-state index in [9.17, 15) is 13.2 Å². The number of hydrogen-bond acceptors (Lipinski definition) is 4. The van der Waals surface area contributed by atoms with Crippen LogP contribution in [0.5, 0.6) is 5.75 Å². The van der Waals surface area contributed by atoms with Crippen LogP contribution in [0.4, 0.5) is 5.69 Å². The van der Waals surface area contributed by atoms with Crippen LogP contribution >= 0.6 is 11.6 Å². The molecule has 0 aromatic heterocycles. The van der Waals surface area contributed by atoms with E-state index in [2.05, 4.69) is 5.32 Å². The monoisotopic (exact) mass is 426 g/mol. The summed E-state index contributed by atoms with van der Waals surface area (Å²) >= 11 is 6.86.